The van der Waals surface area contributed by atoms with E-state index in [1.807, 2.05) is 18.3 Å². The standard InChI is InChI=1S/C13H14N2/c1-2-6-11(7-3-1)12-10-14-13-8-4-5-9-15(12)13/h4-6,8-10H,1-3,7H2. The van der Waals surface area contributed by atoms with Crippen LogP contribution in [0.15, 0.2) is 36.7 Å². The van der Waals surface area contributed by atoms with Crippen molar-refractivity contribution in [2.45, 2.75) is 25.7 Å². The zero-order chi connectivity index (χ0) is 10.1. The minimum absolute atomic E-state index is 1.04. The van der Waals surface area contributed by atoms with Gasteiger partial charge in [-0.25, -0.2) is 4.98 Å². The first-order valence-electron chi connectivity index (χ1n) is 5.57. The molecule has 2 aromatic heterocycles. The molecule has 0 amide bonds. The minimum atomic E-state index is 1.04. The van der Waals surface area contributed by atoms with Crippen molar-refractivity contribution in [3.8, 4) is 0 Å². The molecule has 2 heteroatoms. The smallest absolute Gasteiger partial charge is 0.137 e. The number of aromatic nitrogens is 2. The van der Waals surface area contributed by atoms with Gasteiger partial charge in [0.15, 0.2) is 0 Å². The quantitative estimate of drug-likeness (QED) is 0.687. The van der Waals surface area contributed by atoms with E-state index in [-0.39, 0.29) is 0 Å². The van der Waals surface area contributed by atoms with Crippen LogP contribution in [0.3, 0.4) is 0 Å². The summed E-state index contributed by atoms with van der Waals surface area (Å²) in [5.74, 6) is 0. The number of fused-ring (bicyclic) bond motifs is 1. The number of nitrogens with zero attached hydrogens (tertiary/aromatic N) is 2. The van der Waals surface area contributed by atoms with E-state index in [0.29, 0.717) is 0 Å². The highest BCUT2D eigenvalue weighted by Gasteiger charge is 2.10. The van der Waals surface area contributed by atoms with Crippen LogP contribution in [0.5, 0.6) is 0 Å². The van der Waals surface area contributed by atoms with Gasteiger partial charge in [-0.1, -0.05) is 12.1 Å². The molecule has 3 rings (SSSR count). The lowest BCUT2D eigenvalue weighted by molar-refractivity contribution is 0.739. The molecule has 76 valence electrons. The Labute approximate surface area is 89.3 Å². The second-order valence-electron chi connectivity index (χ2n) is 4.05. The third kappa shape index (κ3) is 1.46. The number of rotatable bonds is 1. The summed E-state index contributed by atoms with van der Waals surface area (Å²) < 4.78 is 2.18. The molecule has 2 nitrogen and oxygen atoms in total. The van der Waals surface area contributed by atoms with Crippen molar-refractivity contribution in [3.63, 3.8) is 0 Å². The van der Waals surface area contributed by atoms with E-state index < -0.39 is 0 Å². The maximum absolute atomic E-state index is 4.42. The van der Waals surface area contributed by atoms with Gasteiger partial charge in [-0.15, -0.1) is 0 Å². The number of hydrogen-bond donors (Lipinski definition) is 0. The first kappa shape index (κ1) is 8.72. The summed E-state index contributed by atoms with van der Waals surface area (Å²) in [4.78, 5) is 4.42. The van der Waals surface area contributed by atoms with Crippen LogP contribution in [0.1, 0.15) is 31.4 Å². The zero-order valence-corrected chi connectivity index (χ0v) is 8.69. The molecule has 1 aliphatic carbocycles. The molecule has 0 atom stereocenters. The lowest BCUT2D eigenvalue weighted by Crippen LogP contribution is -1.95. The molecule has 0 aromatic carbocycles. The van der Waals surface area contributed by atoms with Gasteiger partial charge in [0.2, 0.25) is 0 Å². The van der Waals surface area contributed by atoms with Gasteiger partial charge < -0.3 is 4.40 Å². The average molecular weight is 198 g/mol. The fraction of sp³-hybridized carbons (Fsp3) is 0.308. The summed E-state index contributed by atoms with van der Waals surface area (Å²) in [7, 11) is 0. The molecule has 0 saturated carbocycles. The molecule has 0 saturated heterocycles. The van der Waals surface area contributed by atoms with E-state index in [1.165, 1.54) is 37.0 Å². The van der Waals surface area contributed by atoms with E-state index in [0.717, 1.165) is 5.65 Å². The van der Waals surface area contributed by atoms with Crippen molar-refractivity contribution < 1.29 is 0 Å². The highest BCUT2D eigenvalue weighted by atomic mass is 15.0. The molecule has 0 N–H and O–H groups in total. The fourth-order valence-electron chi connectivity index (χ4n) is 2.24. The van der Waals surface area contributed by atoms with E-state index in [2.05, 4.69) is 27.7 Å². The lowest BCUT2D eigenvalue weighted by Gasteiger charge is -2.11. The second kappa shape index (κ2) is 3.54. The van der Waals surface area contributed by atoms with Gasteiger partial charge in [0.1, 0.15) is 5.65 Å². The molecule has 0 spiro atoms. The minimum Gasteiger partial charge on any atom is -0.300 e. The summed E-state index contributed by atoms with van der Waals surface area (Å²) >= 11 is 0. The number of hydrogen-bond acceptors (Lipinski definition) is 1. The highest BCUT2D eigenvalue weighted by Crippen LogP contribution is 2.26. The zero-order valence-electron chi connectivity index (χ0n) is 8.69. The molecule has 2 heterocycles. The Morgan fingerprint density at radius 3 is 3.07 bits per heavy atom. The van der Waals surface area contributed by atoms with E-state index in [1.54, 1.807) is 0 Å². The lowest BCUT2D eigenvalue weighted by atomic mass is 9.97. The summed E-state index contributed by atoms with van der Waals surface area (Å²) in [6, 6.07) is 6.13. The van der Waals surface area contributed by atoms with Crippen LogP contribution >= 0.6 is 0 Å². The van der Waals surface area contributed by atoms with Crippen LogP contribution in [0.4, 0.5) is 0 Å². The van der Waals surface area contributed by atoms with Crippen LogP contribution < -0.4 is 0 Å². The van der Waals surface area contributed by atoms with Crippen molar-refractivity contribution in [1.29, 1.82) is 0 Å². The second-order valence-corrected chi connectivity index (χ2v) is 4.05. The predicted octanol–water partition coefficient (Wildman–Crippen LogP) is 3.29. The number of imidazole rings is 1. The molecule has 2 aromatic rings. The first-order chi connectivity index (χ1) is 7.45. The van der Waals surface area contributed by atoms with Crippen molar-refractivity contribution in [2.75, 3.05) is 0 Å². The summed E-state index contributed by atoms with van der Waals surface area (Å²) in [6.45, 7) is 0. The third-order valence-electron chi connectivity index (χ3n) is 3.04. The van der Waals surface area contributed by atoms with Crippen LogP contribution in [-0.2, 0) is 0 Å². The largest absolute Gasteiger partial charge is 0.300 e. The molecular formula is C13H14N2. The van der Waals surface area contributed by atoms with Gasteiger partial charge in [0.05, 0.1) is 11.9 Å². The molecule has 0 unspecified atom stereocenters. The highest BCUT2D eigenvalue weighted by molar-refractivity contribution is 5.66. The Balaban J connectivity index is 2.14. The van der Waals surface area contributed by atoms with Crippen molar-refractivity contribution in [1.82, 2.24) is 9.38 Å². The van der Waals surface area contributed by atoms with Gasteiger partial charge >= 0.3 is 0 Å². The van der Waals surface area contributed by atoms with Crippen LogP contribution in [0, 0.1) is 0 Å². The van der Waals surface area contributed by atoms with Crippen LogP contribution in [0.25, 0.3) is 11.2 Å². The molecule has 1 aliphatic rings. The maximum atomic E-state index is 4.42. The number of allylic oxidation sites excluding steroid dienone is 2. The van der Waals surface area contributed by atoms with Crippen molar-refractivity contribution >= 4 is 11.2 Å². The van der Waals surface area contributed by atoms with Crippen LogP contribution in [0.2, 0.25) is 0 Å². The van der Waals surface area contributed by atoms with Gasteiger partial charge in [0.25, 0.3) is 0 Å². The summed E-state index contributed by atoms with van der Waals surface area (Å²) in [6.07, 6.45) is 11.5. The Kier molecular flexibility index (Phi) is 2.05. The number of pyridine rings is 1. The van der Waals surface area contributed by atoms with Gasteiger partial charge in [-0.05, 0) is 43.4 Å². The molecule has 0 fully saturated rings. The Morgan fingerprint density at radius 2 is 2.20 bits per heavy atom. The van der Waals surface area contributed by atoms with Crippen LogP contribution in [-0.4, -0.2) is 9.38 Å². The molecule has 0 radical (unpaired) electrons. The molecular weight excluding hydrogens is 184 g/mol. The predicted molar refractivity (Wildman–Crippen MR) is 61.6 cm³/mol. The molecule has 15 heavy (non-hydrogen) atoms. The maximum Gasteiger partial charge on any atom is 0.137 e. The molecule has 0 aliphatic heterocycles. The summed E-state index contributed by atoms with van der Waals surface area (Å²) in [5.41, 5.74) is 3.77. The van der Waals surface area contributed by atoms with E-state index >= 15 is 0 Å². The molecule has 0 bridgehead atoms. The van der Waals surface area contributed by atoms with Crippen molar-refractivity contribution in [2.24, 2.45) is 0 Å². The normalized spacial score (nSPS) is 16.7. The average Bonchev–Trinajstić information content (AvgIpc) is 2.74. The SMILES string of the molecule is C1=C(c2cnc3ccccn23)CCCC1. The van der Waals surface area contributed by atoms with E-state index in [4.69, 9.17) is 0 Å². The van der Waals surface area contributed by atoms with Gasteiger partial charge in [-0.3, -0.25) is 0 Å². The summed E-state index contributed by atoms with van der Waals surface area (Å²) in [5, 5.41) is 0. The Morgan fingerprint density at radius 1 is 1.20 bits per heavy atom. The Hall–Kier alpha value is -1.57. The van der Waals surface area contributed by atoms with E-state index in [9.17, 15) is 0 Å². The Bertz CT molecular complexity index is 508. The monoisotopic (exact) mass is 198 g/mol. The third-order valence-corrected chi connectivity index (χ3v) is 3.04. The van der Waals surface area contributed by atoms with Gasteiger partial charge in [-0.2, -0.15) is 0 Å². The van der Waals surface area contributed by atoms with Crippen molar-refractivity contribution in [3.05, 3.63) is 42.4 Å². The van der Waals surface area contributed by atoms with Gasteiger partial charge in [0, 0.05) is 6.20 Å². The topological polar surface area (TPSA) is 17.3 Å². The fourth-order valence-corrected chi connectivity index (χ4v) is 2.24. The first-order valence-corrected chi connectivity index (χ1v) is 5.57.